The summed E-state index contributed by atoms with van der Waals surface area (Å²) in [6, 6.07) is 0.218. The van der Waals surface area contributed by atoms with Gasteiger partial charge in [0.1, 0.15) is 12.2 Å². The first-order chi connectivity index (χ1) is 8.12. The normalized spacial score (nSPS) is 26.2. The number of nitrogens with zero attached hydrogens (tertiary/aromatic N) is 1. The molecule has 0 radical (unpaired) electrons. The number of nitrogens with one attached hydrogen (secondary N) is 1. The van der Waals surface area contributed by atoms with Gasteiger partial charge in [-0.15, -0.1) is 0 Å². The molecule has 0 bridgehead atoms. The molecule has 3 atom stereocenters. The van der Waals surface area contributed by atoms with Crippen molar-refractivity contribution in [2.24, 2.45) is 0 Å². The zero-order chi connectivity index (χ0) is 12.8. The molecule has 5 heteroatoms. The Morgan fingerprint density at radius 1 is 1.35 bits per heavy atom. The van der Waals surface area contributed by atoms with Gasteiger partial charge in [0.05, 0.1) is 0 Å². The van der Waals surface area contributed by atoms with Crippen LogP contribution in [-0.2, 0) is 14.3 Å². The van der Waals surface area contributed by atoms with E-state index in [0.29, 0.717) is 19.5 Å². The van der Waals surface area contributed by atoms with Crippen molar-refractivity contribution < 1.29 is 14.3 Å². The smallest absolute Gasteiger partial charge is 0.224 e. The molecule has 0 aromatic carbocycles. The van der Waals surface area contributed by atoms with Gasteiger partial charge in [-0.3, -0.25) is 4.79 Å². The topological polar surface area (TPSA) is 50.8 Å². The number of carbonyl (C=O) groups excluding carboxylic acids is 1. The molecule has 17 heavy (non-hydrogen) atoms. The largest absolute Gasteiger partial charge is 0.377 e. The average molecular weight is 244 g/mol. The number of likely N-dealkylation sites (tertiary alicyclic amines) is 1. The molecule has 1 rings (SSSR count). The first-order valence-corrected chi connectivity index (χ1v) is 6.19. The van der Waals surface area contributed by atoms with E-state index in [4.69, 9.17) is 9.47 Å². The van der Waals surface area contributed by atoms with Gasteiger partial charge in [0.2, 0.25) is 5.91 Å². The van der Waals surface area contributed by atoms with Crippen LogP contribution in [0, 0.1) is 0 Å². The lowest BCUT2D eigenvalue weighted by Crippen LogP contribution is -2.36. The Morgan fingerprint density at radius 3 is 2.29 bits per heavy atom. The van der Waals surface area contributed by atoms with Gasteiger partial charge >= 0.3 is 0 Å². The van der Waals surface area contributed by atoms with Crippen molar-refractivity contribution >= 4 is 5.91 Å². The van der Waals surface area contributed by atoms with Gasteiger partial charge in [-0.05, 0) is 13.5 Å². The first-order valence-electron chi connectivity index (χ1n) is 6.19. The van der Waals surface area contributed by atoms with Crippen LogP contribution < -0.4 is 5.32 Å². The van der Waals surface area contributed by atoms with Crippen molar-refractivity contribution in [2.45, 2.75) is 38.5 Å². The third kappa shape index (κ3) is 3.94. The molecule has 0 spiro atoms. The predicted molar refractivity (Wildman–Crippen MR) is 65.9 cm³/mol. The highest BCUT2D eigenvalue weighted by molar-refractivity contribution is 5.77. The standard InChI is InChI=1S/C12H24N2O3/c1-5-13-9(2)6-12(15)14-7-10(16-3)11(8-14)17-4/h9-11,13H,5-8H2,1-4H3. The molecule has 1 aliphatic rings. The molecule has 1 N–H and O–H groups in total. The molecule has 3 unspecified atom stereocenters. The monoisotopic (exact) mass is 244 g/mol. The highest BCUT2D eigenvalue weighted by Gasteiger charge is 2.35. The van der Waals surface area contributed by atoms with Crippen LogP contribution in [0.25, 0.3) is 0 Å². The van der Waals surface area contributed by atoms with Crippen LogP contribution in [0.4, 0.5) is 0 Å². The Bertz CT molecular complexity index is 236. The molecule has 0 aromatic rings. The summed E-state index contributed by atoms with van der Waals surface area (Å²) in [5.41, 5.74) is 0. The first kappa shape index (κ1) is 14.4. The quantitative estimate of drug-likeness (QED) is 0.727. The summed E-state index contributed by atoms with van der Waals surface area (Å²) < 4.78 is 10.6. The molecule has 1 fully saturated rings. The van der Waals surface area contributed by atoms with Crippen LogP contribution in [0.5, 0.6) is 0 Å². The summed E-state index contributed by atoms with van der Waals surface area (Å²) in [7, 11) is 3.32. The van der Waals surface area contributed by atoms with E-state index in [1.165, 1.54) is 0 Å². The van der Waals surface area contributed by atoms with E-state index in [2.05, 4.69) is 5.32 Å². The molecule has 0 aliphatic carbocycles. The Morgan fingerprint density at radius 2 is 1.88 bits per heavy atom. The van der Waals surface area contributed by atoms with Gasteiger partial charge < -0.3 is 19.7 Å². The maximum absolute atomic E-state index is 12.0. The third-order valence-electron chi connectivity index (χ3n) is 3.21. The highest BCUT2D eigenvalue weighted by atomic mass is 16.5. The summed E-state index contributed by atoms with van der Waals surface area (Å²) in [5.74, 6) is 0.167. The second kappa shape index (κ2) is 6.93. The van der Waals surface area contributed by atoms with Gasteiger partial charge in [-0.2, -0.15) is 0 Å². The van der Waals surface area contributed by atoms with Crippen LogP contribution in [0.3, 0.4) is 0 Å². The number of amides is 1. The van der Waals surface area contributed by atoms with Crippen LogP contribution in [0.1, 0.15) is 20.3 Å². The van der Waals surface area contributed by atoms with Gasteiger partial charge in [0, 0.05) is 39.8 Å². The van der Waals surface area contributed by atoms with Crippen molar-refractivity contribution in [1.82, 2.24) is 10.2 Å². The molecule has 0 aromatic heterocycles. The Balaban J connectivity index is 2.43. The molecule has 1 saturated heterocycles. The van der Waals surface area contributed by atoms with Crippen LogP contribution in [-0.4, -0.2) is 62.9 Å². The number of hydrogen-bond donors (Lipinski definition) is 1. The number of methoxy groups -OCH3 is 2. The molecule has 1 aliphatic heterocycles. The van der Waals surface area contributed by atoms with E-state index in [1.807, 2.05) is 18.7 Å². The summed E-state index contributed by atoms with van der Waals surface area (Å²) in [6.07, 6.45) is 0.526. The van der Waals surface area contributed by atoms with Crippen LogP contribution in [0.15, 0.2) is 0 Å². The second-order valence-electron chi connectivity index (χ2n) is 4.51. The summed E-state index contributed by atoms with van der Waals surface area (Å²) >= 11 is 0. The molecule has 5 nitrogen and oxygen atoms in total. The lowest BCUT2D eigenvalue weighted by Gasteiger charge is -2.19. The third-order valence-corrected chi connectivity index (χ3v) is 3.21. The van der Waals surface area contributed by atoms with E-state index in [0.717, 1.165) is 6.54 Å². The molecular formula is C12H24N2O3. The SMILES string of the molecule is CCNC(C)CC(=O)N1CC(OC)C(OC)C1. The lowest BCUT2D eigenvalue weighted by atomic mass is 10.2. The minimum absolute atomic E-state index is 0.00149. The van der Waals surface area contributed by atoms with Crippen molar-refractivity contribution in [3.8, 4) is 0 Å². The summed E-state index contributed by atoms with van der Waals surface area (Å²) in [5, 5.41) is 3.24. The summed E-state index contributed by atoms with van der Waals surface area (Å²) in [4.78, 5) is 13.9. The molecule has 100 valence electrons. The molecule has 0 saturated carbocycles. The zero-order valence-electron chi connectivity index (χ0n) is 11.2. The molecule has 1 heterocycles. The van der Waals surface area contributed by atoms with Gasteiger partial charge in [0.15, 0.2) is 0 Å². The van der Waals surface area contributed by atoms with E-state index in [9.17, 15) is 4.79 Å². The Hall–Kier alpha value is -0.650. The molecule has 1 amide bonds. The Labute approximate surface area is 103 Å². The fraction of sp³-hybridized carbons (Fsp3) is 0.917. The Kier molecular flexibility index (Phi) is 5.88. The van der Waals surface area contributed by atoms with Crippen molar-refractivity contribution in [2.75, 3.05) is 33.9 Å². The number of ether oxygens (including phenoxy) is 2. The predicted octanol–water partition coefficient (Wildman–Crippen LogP) is 0.247. The fourth-order valence-electron chi connectivity index (χ4n) is 2.21. The van der Waals surface area contributed by atoms with E-state index in [1.54, 1.807) is 14.2 Å². The van der Waals surface area contributed by atoms with Gasteiger partial charge in [-0.25, -0.2) is 0 Å². The van der Waals surface area contributed by atoms with Crippen molar-refractivity contribution in [1.29, 1.82) is 0 Å². The number of hydrogen-bond acceptors (Lipinski definition) is 4. The van der Waals surface area contributed by atoms with Crippen molar-refractivity contribution in [3.63, 3.8) is 0 Å². The number of carbonyl (C=O) groups is 1. The summed E-state index contributed by atoms with van der Waals surface area (Å²) in [6.45, 7) is 6.22. The highest BCUT2D eigenvalue weighted by Crippen LogP contribution is 2.16. The van der Waals surface area contributed by atoms with E-state index >= 15 is 0 Å². The van der Waals surface area contributed by atoms with E-state index < -0.39 is 0 Å². The van der Waals surface area contributed by atoms with Gasteiger partial charge in [0.25, 0.3) is 0 Å². The minimum atomic E-state index is -0.00149. The van der Waals surface area contributed by atoms with Gasteiger partial charge in [-0.1, -0.05) is 6.92 Å². The second-order valence-corrected chi connectivity index (χ2v) is 4.51. The van der Waals surface area contributed by atoms with E-state index in [-0.39, 0.29) is 24.2 Å². The van der Waals surface area contributed by atoms with Crippen molar-refractivity contribution in [3.05, 3.63) is 0 Å². The maximum atomic E-state index is 12.0. The zero-order valence-corrected chi connectivity index (χ0v) is 11.2. The fourth-order valence-corrected chi connectivity index (χ4v) is 2.21. The molecular weight excluding hydrogens is 220 g/mol. The number of rotatable bonds is 6. The maximum Gasteiger partial charge on any atom is 0.224 e. The van der Waals surface area contributed by atoms with Crippen LogP contribution in [0.2, 0.25) is 0 Å². The lowest BCUT2D eigenvalue weighted by molar-refractivity contribution is -0.131. The minimum Gasteiger partial charge on any atom is -0.377 e. The van der Waals surface area contributed by atoms with Crippen LogP contribution >= 0.6 is 0 Å². The average Bonchev–Trinajstić information content (AvgIpc) is 2.72.